The van der Waals surface area contributed by atoms with E-state index < -0.39 is 0 Å². The van der Waals surface area contributed by atoms with E-state index in [0.717, 1.165) is 65.1 Å². The predicted molar refractivity (Wildman–Crippen MR) is 106 cm³/mol. The van der Waals surface area contributed by atoms with E-state index in [1.165, 1.54) is 30.6 Å². The summed E-state index contributed by atoms with van der Waals surface area (Å²) in [4.78, 5) is 25.8. The molecule has 2 aliphatic rings. The molecular formula is C19H23N5OS. The van der Waals surface area contributed by atoms with Gasteiger partial charge in [-0.2, -0.15) is 0 Å². The lowest BCUT2D eigenvalue weighted by molar-refractivity contribution is 0.345. The fourth-order valence-electron chi connectivity index (χ4n) is 4.34. The molecule has 4 heterocycles. The van der Waals surface area contributed by atoms with Crippen molar-refractivity contribution in [1.29, 1.82) is 0 Å². The Kier molecular flexibility index (Phi) is 4.13. The van der Waals surface area contributed by atoms with Crippen molar-refractivity contribution in [3.63, 3.8) is 0 Å². The molecule has 5 rings (SSSR count). The highest BCUT2D eigenvalue weighted by Gasteiger charge is 2.22. The Morgan fingerprint density at radius 1 is 1.12 bits per heavy atom. The summed E-state index contributed by atoms with van der Waals surface area (Å²) in [6.45, 7) is 3.90. The lowest BCUT2D eigenvalue weighted by atomic mass is 9.95. The molecule has 6 nitrogen and oxygen atoms in total. The maximum absolute atomic E-state index is 13.2. The molecule has 3 aromatic heterocycles. The highest BCUT2D eigenvalue weighted by Crippen LogP contribution is 2.36. The van der Waals surface area contributed by atoms with E-state index in [4.69, 9.17) is 4.98 Å². The molecule has 0 atom stereocenters. The Labute approximate surface area is 155 Å². The summed E-state index contributed by atoms with van der Waals surface area (Å²) in [5.41, 5.74) is 2.09. The second kappa shape index (κ2) is 6.63. The van der Waals surface area contributed by atoms with E-state index in [1.807, 2.05) is 10.8 Å². The molecule has 1 N–H and O–H groups in total. The quantitative estimate of drug-likeness (QED) is 0.752. The molecule has 2 fully saturated rings. The lowest BCUT2D eigenvalue weighted by Crippen LogP contribution is -2.43. The Bertz CT molecular complexity index is 998. The number of nitrogens with one attached hydrogen (secondary N) is 1. The number of aromatic nitrogens is 3. The summed E-state index contributed by atoms with van der Waals surface area (Å²) in [5, 5.41) is 4.44. The van der Waals surface area contributed by atoms with Gasteiger partial charge in [0.05, 0.1) is 22.9 Å². The van der Waals surface area contributed by atoms with Crippen LogP contribution in [-0.4, -0.2) is 40.7 Å². The van der Waals surface area contributed by atoms with Gasteiger partial charge in [0.1, 0.15) is 9.53 Å². The van der Waals surface area contributed by atoms with Gasteiger partial charge in [0.15, 0.2) is 0 Å². The van der Waals surface area contributed by atoms with Gasteiger partial charge in [0.25, 0.3) is 5.56 Å². The molecule has 0 amide bonds. The second-order valence-electron chi connectivity index (χ2n) is 7.28. The van der Waals surface area contributed by atoms with Gasteiger partial charge in [-0.05, 0) is 18.9 Å². The zero-order valence-electron chi connectivity index (χ0n) is 14.8. The van der Waals surface area contributed by atoms with Gasteiger partial charge >= 0.3 is 0 Å². The van der Waals surface area contributed by atoms with Crippen LogP contribution in [0.2, 0.25) is 0 Å². The van der Waals surface area contributed by atoms with Crippen LogP contribution in [0.4, 0.5) is 5.69 Å². The first-order chi connectivity index (χ1) is 12.8. The SMILES string of the molecule is O=c1c2sc3nccc(N4CCNCC4)c3c2ncn1C1CCCCC1. The van der Waals surface area contributed by atoms with Crippen molar-refractivity contribution < 1.29 is 0 Å². The Balaban J connectivity index is 1.67. The van der Waals surface area contributed by atoms with Gasteiger partial charge in [0.2, 0.25) is 0 Å². The van der Waals surface area contributed by atoms with Crippen molar-refractivity contribution in [1.82, 2.24) is 19.9 Å². The maximum atomic E-state index is 13.2. The maximum Gasteiger partial charge on any atom is 0.271 e. The zero-order chi connectivity index (χ0) is 17.5. The van der Waals surface area contributed by atoms with Crippen LogP contribution in [0.3, 0.4) is 0 Å². The first-order valence-electron chi connectivity index (χ1n) is 9.57. The third-order valence-electron chi connectivity index (χ3n) is 5.71. The molecule has 1 saturated heterocycles. The number of nitrogens with zero attached hydrogens (tertiary/aromatic N) is 4. The molecule has 0 spiro atoms. The molecule has 26 heavy (non-hydrogen) atoms. The van der Waals surface area contributed by atoms with Crippen molar-refractivity contribution in [2.45, 2.75) is 38.1 Å². The molecule has 0 unspecified atom stereocenters. The molecule has 1 saturated carbocycles. The highest BCUT2D eigenvalue weighted by atomic mass is 32.1. The van der Waals surface area contributed by atoms with Crippen LogP contribution < -0.4 is 15.8 Å². The standard InChI is InChI=1S/C19H23N5OS/c25-19-17-16(22-12-24(19)13-4-2-1-3-5-13)15-14(6-7-21-18(15)26-17)23-10-8-20-9-11-23/h6-7,12-13,20H,1-5,8-11H2. The molecule has 0 bridgehead atoms. The minimum Gasteiger partial charge on any atom is -0.368 e. The monoisotopic (exact) mass is 369 g/mol. The zero-order valence-corrected chi connectivity index (χ0v) is 15.6. The van der Waals surface area contributed by atoms with Crippen LogP contribution >= 0.6 is 11.3 Å². The van der Waals surface area contributed by atoms with Crippen molar-refractivity contribution in [3.8, 4) is 0 Å². The molecule has 1 aliphatic heterocycles. The number of thiophene rings is 1. The van der Waals surface area contributed by atoms with Gasteiger partial charge < -0.3 is 10.2 Å². The van der Waals surface area contributed by atoms with E-state index in [-0.39, 0.29) is 5.56 Å². The molecule has 136 valence electrons. The van der Waals surface area contributed by atoms with E-state index in [1.54, 1.807) is 6.33 Å². The Morgan fingerprint density at radius 3 is 2.73 bits per heavy atom. The number of anilines is 1. The topological polar surface area (TPSA) is 63.1 Å². The van der Waals surface area contributed by atoms with Crippen molar-refractivity contribution in [3.05, 3.63) is 28.9 Å². The third kappa shape index (κ3) is 2.61. The van der Waals surface area contributed by atoms with Gasteiger partial charge in [-0.1, -0.05) is 19.3 Å². The number of fused-ring (bicyclic) bond motifs is 3. The summed E-state index contributed by atoms with van der Waals surface area (Å²) >= 11 is 1.50. The number of hydrogen-bond acceptors (Lipinski definition) is 6. The highest BCUT2D eigenvalue weighted by molar-refractivity contribution is 7.25. The Hall–Kier alpha value is -1.99. The molecule has 7 heteroatoms. The minimum absolute atomic E-state index is 0.108. The summed E-state index contributed by atoms with van der Waals surface area (Å²) in [7, 11) is 0. The second-order valence-corrected chi connectivity index (χ2v) is 8.27. The van der Waals surface area contributed by atoms with Crippen LogP contribution in [0.5, 0.6) is 0 Å². The molecular weight excluding hydrogens is 346 g/mol. The van der Waals surface area contributed by atoms with Crippen LogP contribution in [-0.2, 0) is 0 Å². The minimum atomic E-state index is 0.108. The fourth-order valence-corrected chi connectivity index (χ4v) is 5.39. The van der Waals surface area contributed by atoms with Gasteiger partial charge in [0, 0.05) is 38.4 Å². The number of rotatable bonds is 2. The summed E-state index contributed by atoms with van der Waals surface area (Å²) in [6, 6.07) is 2.37. The van der Waals surface area contributed by atoms with Crippen LogP contribution in [0, 0.1) is 0 Å². The van der Waals surface area contributed by atoms with Crippen molar-refractivity contribution >= 4 is 37.5 Å². The van der Waals surface area contributed by atoms with Crippen molar-refractivity contribution in [2.24, 2.45) is 0 Å². The first-order valence-corrected chi connectivity index (χ1v) is 10.4. The van der Waals surface area contributed by atoms with Gasteiger partial charge in [-0.15, -0.1) is 11.3 Å². The number of piperazine rings is 1. The van der Waals surface area contributed by atoms with E-state index in [2.05, 4.69) is 21.3 Å². The first kappa shape index (κ1) is 16.2. The molecule has 1 aliphatic carbocycles. The fraction of sp³-hybridized carbons (Fsp3) is 0.526. The molecule has 3 aromatic rings. The summed E-state index contributed by atoms with van der Waals surface area (Å²) in [5.74, 6) is 0. The normalized spacial score (nSPS) is 19.5. The summed E-state index contributed by atoms with van der Waals surface area (Å²) < 4.78 is 2.63. The van der Waals surface area contributed by atoms with Gasteiger partial charge in [-0.3, -0.25) is 9.36 Å². The number of hydrogen-bond donors (Lipinski definition) is 1. The smallest absolute Gasteiger partial charge is 0.271 e. The molecule has 0 radical (unpaired) electrons. The largest absolute Gasteiger partial charge is 0.368 e. The Morgan fingerprint density at radius 2 is 1.92 bits per heavy atom. The average molecular weight is 369 g/mol. The van der Waals surface area contributed by atoms with Crippen LogP contribution in [0.1, 0.15) is 38.1 Å². The van der Waals surface area contributed by atoms with Crippen LogP contribution in [0.25, 0.3) is 20.4 Å². The van der Waals surface area contributed by atoms with E-state index in [9.17, 15) is 4.79 Å². The van der Waals surface area contributed by atoms with Crippen LogP contribution in [0.15, 0.2) is 23.4 Å². The average Bonchev–Trinajstić information content (AvgIpc) is 3.09. The molecule has 0 aromatic carbocycles. The van der Waals surface area contributed by atoms with Crippen molar-refractivity contribution in [2.75, 3.05) is 31.1 Å². The predicted octanol–water partition coefficient (Wildman–Crippen LogP) is 2.92. The van der Waals surface area contributed by atoms with E-state index in [0.29, 0.717) is 6.04 Å². The van der Waals surface area contributed by atoms with E-state index >= 15 is 0 Å². The lowest BCUT2D eigenvalue weighted by Gasteiger charge is -2.29. The number of pyridine rings is 1. The third-order valence-corrected chi connectivity index (χ3v) is 6.79. The summed E-state index contributed by atoms with van der Waals surface area (Å²) in [6.07, 6.45) is 9.49. The van der Waals surface area contributed by atoms with Gasteiger partial charge in [-0.25, -0.2) is 9.97 Å².